The number of carbonyl (C=O) groups is 1. The lowest BCUT2D eigenvalue weighted by molar-refractivity contribution is -0.116. The Balaban J connectivity index is 1.90. The fourth-order valence-corrected chi connectivity index (χ4v) is 3.12. The molecule has 0 bridgehead atoms. The molecule has 0 aliphatic heterocycles. The first-order chi connectivity index (χ1) is 13.4. The highest BCUT2D eigenvalue weighted by Gasteiger charge is 2.14. The lowest BCUT2D eigenvalue weighted by Crippen LogP contribution is -2.05. The molecule has 2 aromatic carbocycles. The number of ketones is 1. The highest BCUT2D eigenvalue weighted by atomic mass is 35.5. The Labute approximate surface area is 166 Å². The standard InChI is InChI=1S/C22H18ClF2NO2/c1-14(27)9-15-5-7-16(8-6-15)10-17-11-20(18-3-2-4-19(23)12-18)21(26-13-17)28-22(24)25/h2-8,11-13,22H,9-10H2,1H3. The van der Waals surface area contributed by atoms with Crippen LogP contribution in [0, 0.1) is 0 Å². The third-order valence-corrected chi connectivity index (χ3v) is 4.36. The zero-order valence-corrected chi connectivity index (χ0v) is 15.9. The van der Waals surface area contributed by atoms with Crippen molar-refractivity contribution in [1.82, 2.24) is 4.98 Å². The van der Waals surface area contributed by atoms with Gasteiger partial charge in [-0.05, 0) is 53.8 Å². The van der Waals surface area contributed by atoms with E-state index in [0.29, 0.717) is 29.0 Å². The van der Waals surface area contributed by atoms with Crippen LogP contribution in [0.25, 0.3) is 11.1 Å². The molecule has 0 amide bonds. The minimum atomic E-state index is -2.97. The molecule has 0 radical (unpaired) electrons. The first-order valence-electron chi connectivity index (χ1n) is 8.67. The molecule has 1 heterocycles. The summed E-state index contributed by atoms with van der Waals surface area (Å²) in [7, 11) is 0. The molecule has 0 aliphatic rings. The molecule has 0 spiro atoms. The normalized spacial score (nSPS) is 10.9. The molecular formula is C22H18ClF2NO2. The smallest absolute Gasteiger partial charge is 0.388 e. The van der Waals surface area contributed by atoms with Gasteiger partial charge in [-0.15, -0.1) is 0 Å². The van der Waals surface area contributed by atoms with Crippen molar-refractivity contribution < 1.29 is 18.3 Å². The Bertz CT molecular complexity index is 975. The van der Waals surface area contributed by atoms with Crippen molar-refractivity contribution in [3.63, 3.8) is 0 Å². The highest BCUT2D eigenvalue weighted by Crippen LogP contribution is 2.32. The summed E-state index contributed by atoms with van der Waals surface area (Å²) >= 11 is 6.04. The van der Waals surface area contributed by atoms with E-state index in [-0.39, 0.29) is 11.7 Å². The molecule has 1 aromatic heterocycles. The van der Waals surface area contributed by atoms with Crippen LogP contribution in [0.4, 0.5) is 8.78 Å². The number of pyridine rings is 1. The quantitative estimate of drug-likeness (QED) is 0.507. The molecule has 144 valence electrons. The summed E-state index contributed by atoms with van der Waals surface area (Å²) in [4.78, 5) is 15.3. The summed E-state index contributed by atoms with van der Waals surface area (Å²) in [6, 6.07) is 16.4. The molecule has 0 atom stereocenters. The Kier molecular flexibility index (Phi) is 6.37. The summed E-state index contributed by atoms with van der Waals surface area (Å²) in [5.74, 6) is -0.0319. The number of rotatable bonds is 7. The number of hydrogen-bond donors (Lipinski definition) is 0. The van der Waals surface area contributed by atoms with Crippen LogP contribution >= 0.6 is 11.6 Å². The maximum absolute atomic E-state index is 12.8. The number of halogens is 3. The molecule has 6 heteroatoms. The summed E-state index contributed by atoms with van der Waals surface area (Å²) in [6.07, 6.45) is 2.49. The second-order valence-corrected chi connectivity index (χ2v) is 6.89. The van der Waals surface area contributed by atoms with Crippen molar-refractivity contribution in [2.75, 3.05) is 0 Å². The molecule has 3 aromatic rings. The van der Waals surface area contributed by atoms with Gasteiger partial charge in [-0.25, -0.2) is 4.98 Å². The minimum absolute atomic E-state index is 0.109. The molecule has 0 aliphatic carbocycles. The Morgan fingerprint density at radius 2 is 1.79 bits per heavy atom. The Morgan fingerprint density at radius 1 is 1.07 bits per heavy atom. The molecular weight excluding hydrogens is 384 g/mol. The van der Waals surface area contributed by atoms with Gasteiger partial charge in [0.1, 0.15) is 5.78 Å². The minimum Gasteiger partial charge on any atom is -0.416 e. The lowest BCUT2D eigenvalue weighted by atomic mass is 10.00. The van der Waals surface area contributed by atoms with Gasteiger partial charge in [0.25, 0.3) is 0 Å². The maximum Gasteiger partial charge on any atom is 0.388 e. The third-order valence-electron chi connectivity index (χ3n) is 4.13. The van der Waals surface area contributed by atoms with Gasteiger partial charge >= 0.3 is 6.61 Å². The van der Waals surface area contributed by atoms with Crippen LogP contribution in [0.2, 0.25) is 5.02 Å². The van der Waals surface area contributed by atoms with Crippen LogP contribution in [0.5, 0.6) is 5.88 Å². The number of Topliss-reactive ketones (excluding diaryl/α,β-unsaturated/α-hetero) is 1. The average Bonchev–Trinajstić information content (AvgIpc) is 2.64. The number of aromatic nitrogens is 1. The molecule has 0 saturated carbocycles. The van der Waals surface area contributed by atoms with Crippen LogP contribution in [-0.2, 0) is 17.6 Å². The summed E-state index contributed by atoms with van der Waals surface area (Å²) in [5.41, 5.74) is 3.92. The lowest BCUT2D eigenvalue weighted by Gasteiger charge is -2.12. The first-order valence-corrected chi connectivity index (χ1v) is 9.05. The number of hydrogen-bond acceptors (Lipinski definition) is 3. The van der Waals surface area contributed by atoms with Crippen LogP contribution in [0.1, 0.15) is 23.6 Å². The van der Waals surface area contributed by atoms with Crippen molar-refractivity contribution in [1.29, 1.82) is 0 Å². The van der Waals surface area contributed by atoms with E-state index in [9.17, 15) is 13.6 Å². The number of nitrogens with zero attached hydrogens (tertiary/aromatic N) is 1. The second-order valence-electron chi connectivity index (χ2n) is 6.46. The van der Waals surface area contributed by atoms with Crippen LogP contribution in [0.15, 0.2) is 60.8 Å². The van der Waals surface area contributed by atoms with Gasteiger partial charge in [0, 0.05) is 23.2 Å². The maximum atomic E-state index is 12.8. The van der Waals surface area contributed by atoms with Gasteiger partial charge in [-0.3, -0.25) is 4.79 Å². The van der Waals surface area contributed by atoms with E-state index in [4.69, 9.17) is 11.6 Å². The third kappa shape index (κ3) is 5.36. The van der Waals surface area contributed by atoms with Crippen LogP contribution in [0.3, 0.4) is 0 Å². The van der Waals surface area contributed by atoms with E-state index in [1.807, 2.05) is 24.3 Å². The van der Waals surface area contributed by atoms with Gasteiger partial charge < -0.3 is 4.74 Å². The number of benzene rings is 2. The zero-order valence-electron chi connectivity index (χ0n) is 15.2. The Morgan fingerprint density at radius 3 is 2.43 bits per heavy atom. The highest BCUT2D eigenvalue weighted by molar-refractivity contribution is 6.30. The fourth-order valence-electron chi connectivity index (χ4n) is 2.93. The molecule has 3 nitrogen and oxygen atoms in total. The topological polar surface area (TPSA) is 39.2 Å². The van der Waals surface area contributed by atoms with E-state index < -0.39 is 6.61 Å². The second kappa shape index (κ2) is 8.93. The molecule has 0 unspecified atom stereocenters. The van der Waals surface area contributed by atoms with E-state index in [1.54, 1.807) is 37.3 Å². The van der Waals surface area contributed by atoms with Gasteiger partial charge in [-0.2, -0.15) is 8.78 Å². The number of alkyl halides is 2. The van der Waals surface area contributed by atoms with Crippen molar-refractivity contribution in [2.24, 2.45) is 0 Å². The number of ether oxygens (including phenoxy) is 1. The largest absolute Gasteiger partial charge is 0.416 e. The van der Waals surface area contributed by atoms with Crippen LogP contribution in [-0.4, -0.2) is 17.4 Å². The van der Waals surface area contributed by atoms with Crippen LogP contribution < -0.4 is 4.74 Å². The van der Waals surface area contributed by atoms with Crippen molar-refractivity contribution in [3.05, 3.63) is 82.5 Å². The van der Waals surface area contributed by atoms with E-state index >= 15 is 0 Å². The summed E-state index contributed by atoms with van der Waals surface area (Å²) < 4.78 is 30.1. The average molecular weight is 402 g/mol. The van der Waals surface area contributed by atoms with Crippen molar-refractivity contribution >= 4 is 17.4 Å². The summed E-state index contributed by atoms with van der Waals surface area (Å²) in [6.45, 7) is -1.41. The molecule has 0 saturated heterocycles. The fraction of sp³-hybridized carbons (Fsp3) is 0.182. The predicted octanol–water partition coefficient (Wildman–Crippen LogP) is 5.73. The molecule has 3 rings (SSSR count). The SMILES string of the molecule is CC(=O)Cc1ccc(Cc2cnc(OC(F)F)c(-c3cccc(Cl)c3)c2)cc1. The van der Waals surface area contributed by atoms with Gasteiger partial charge in [0.05, 0.1) is 0 Å². The van der Waals surface area contributed by atoms with E-state index in [0.717, 1.165) is 16.7 Å². The first kappa shape index (κ1) is 20.0. The van der Waals surface area contributed by atoms with E-state index in [2.05, 4.69) is 9.72 Å². The van der Waals surface area contributed by atoms with Gasteiger partial charge in [0.15, 0.2) is 0 Å². The summed E-state index contributed by atoms with van der Waals surface area (Å²) in [5, 5.41) is 0.493. The van der Waals surface area contributed by atoms with Gasteiger partial charge in [-0.1, -0.05) is 48.0 Å². The monoisotopic (exact) mass is 401 g/mol. The Hall–Kier alpha value is -2.79. The molecule has 0 N–H and O–H groups in total. The van der Waals surface area contributed by atoms with Crippen molar-refractivity contribution in [3.8, 4) is 17.0 Å². The molecule has 28 heavy (non-hydrogen) atoms. The van der Waals surface area contributed by atoms with E-state index in [1.165, 1.54) is 6.20 Å². The zero-order chi connectivity index (χ0) is 20.1. The van der Waals surface area contributed by atoms with Gasteiger partial charge in [0.2, 0.25) is 5.88 Å². The predicted molar refractivity (Wildman–Crippen MR) is 105 cm³/mol. The number of carbonyl (C=O) groups excluding carboxylic acids is 1. The van der Waals surface area contributed by atoms with Crippen molar-refractivity contribution in [2.45, 2.75) is 26.4 Å². The molecule has 0 fully saturated rings.